The Bertz CT molecular complexity index is 1020. The van der Waals surface area contributed by atoms with E-state index in [1.807, 2.05) is 18.2 Å². The number of aliphatic hydroxyl groups excluding tert-OH is 4. The van der Waals surface area contributed by atoms with E-state index in [2.05, 4.69) is 9.97 Å². The fourth-order valence-corrected chi connectivity index (χ4v) is 3.47. The maximum atomic E-state index is 12.9. The number of rotatable bonds is 5. The van der Waals surface area contributed by atoms with Crippen LogP contribution in [0.5, 0.6) is 0 Å². The molecule has 0 amide bonds. The Morgan fingerprint density at radius 1 is 1.07 bits per heavy atom. The van der Waals surface area contributed by atoms with Crippen LogP contribution in [0.4, 0.5) is 0 Å². The van der Waals surface area contributed by atoms with Crippen LogP contribution in [-0.2, 0) is 4.74 Å². The molecule has 4 N–H and O–H groups in total. The Balaban J connectivity index is 1.76. The molecular formula is C18H20N4O6. The largest absolute Gasteiger partial charge is 0.394 e. The molecule has 0 saturated carbocycles. The fourth-order valence-electron chi connectivity index (χ4n) is 3.47. The van der Waals surface area contributed by atoms with Crippen LogP contribution in [0.1, 0.15) is 17.8 Å². The molecule has 1 aliphatic heterocycles. The van der Waals surface area contributed by atoms with Gasteiger partial charge in [-0.15, -0.1) is 0 Å². The van der Waals surface area contributed by atoms with Crippen LogP contribution in [0, 0.1) is 0 Å². The van der Waals surface area contributed by atoms with Gasteiger partial charge in [-0.2, -0.15) is 0 Å². The quantitative estimate of drug-likeness (QED) is 0.426. The molecule has 10 nitrogen and oxygen atoms in total. The van der Waals surface area contributed by atoms with Gasteiger partial charge in [0.15, 0.2) is 17.4 Å². The van der Waals surface area contributed by atoms with E-state index in [9.17, 15) is 25.2 Å². The van der Waals surface area contributed by atoms with Crippen LogP contribution >= 0.6 is 0 Å². The van der Waals surface area contributed by atoms with Crippen LogP contribution in [0.3, 0.4) is 0 Å². The lowest BCUT2D eigenvalue weighted by atomic mass is 10.1. The van der Waals surface area contributed by atoms with Crippen molar-refractivity contribution >= 4 is 11.2 Å². The molecule has 1 saturated heterocycles. The average Bonchev–Trinajstić information content (AvgIpc) is 3.27. The molecule has 5 atom stereocenters. The SMILES string of the molecule is O=c1c2ncn([C@@H]3O[C@H](CO)[C@@H](O)[C@H]3O)c2ncn1C(CO)c1ccccc1. The van der Waals surface area contributed by atoms with E-state index < -0.39 is 42.7 Å². The molecule has 148 valence electrons. The zero-order chi connectivity index (χ0) is 19.8. The molecule has 0 aliphatic carbocycles. The Morgan fingerprint density at radius 2 is 1.82 bits per heavy atom. The fraction of sp³-hybridized carbons (Fsp3) is 0.389. The Hall–Kier alpha value is -2.63. The van der Waals surface area contributed by atoms with Gasteiger partial charge in [0, 0.05) is 0 Å². The molecule has 2 aromatic heterocycles. The number of aliphatic hydroxyl groups is 4. The van der Waals surface area contributed by atoms with Gasteiger partial charge in [-0.25, -0.2) is 9.97 Å². The topological polar surface area (TPSA) is 143 Å². The average molecular weight is 388 g/mol. The lowest BCUT2D eigenvalue weighted by Gasteiger charge is -2.18. The molecule has 0 radical (unpaired) electrons. The highest BCUT2D eigenvalue weighted by atomic mass is 16.6. The third-order valence-electron chi connectivity index (χ3n) is 4.99. The highest BCUT2D eigenvalue weighted by molar-refractivity contribution is 5.69. The smallest absolute Gasteiger partial charge is 0.282 e. The van der Waals surface area contributed by atoms with Crippen molar-refractivity contribution in [3.8, 4) is 0 Å². The maximum Gasteiger partial charge on any atom is 0.282 e. The summed E-state index contributed by atoms with van der Waals surface area (Å²) in [4.78, 5) is 21.3. The minimum atomic E-state index is -1.31. The van der Waals surface area contributed by atoms with E-state index in [-0.39, 0.29) is 17.8 Å². The molecule has 0 bridgehead atoms. The predicted molar refractivity (Wildman–Crippen MR) is 96.5 cm³/mol. The van der Waals surface area contributed by atoms with Crippen molar-refractivity contribution in [1.29, 1.82) is 0 Å². The van der Waals surface area contributed by atoms with Gasteiger partial charge >= 0.3 is 0 Å². The van der Waals surface area contributed by atoms with Crippen molar-refractivity contribution < 1.29 is 25.2 Å². The highest BCUT2D eigenvalue weighted by Gasteiger charge is 2.44. The number of fused-ring (bicyclic) bond motifs is 1. The first-order chi connectivity index (χ1) is 13.6. The lowest BCUT2D eigenvalue weighted by molar-refractivity contribution is -0.0511. The third-order valence-corrected chi connectivity index (χ3v) is 4.99. The van der Waals surface area contributed by atoms with Crippen LogP contribution in [-0.4, -0.2) is 71.1 Å². The Morgan fingerprint density at radius 3 is 2.46 bits per heavy atom. The van der Waals surface area contributed by atoms with Gasteiger partial charge in [0.2, 0.25) is 0 Å². The van der Waals surface area contributed by atoms with Crippen molar-refractivity contribution in [2.24, 2.45) is 0 Å². The molecular weight excluding hydrogens is 368 g/mol. The van der Waals surface area contributed by atoms with Gasteiger partial charge < -0.3 is 25.2 Å². The molecule has 3 aromatic rings. The van der Waals surface area contributed by atoms with Crippen molar-refractivity contribution in [3.63, 3.8) is 0 Å². The Labute approximate surface area is 158 Å². The van der Waals surface area contributed by atoms with Gasteiger partial charge in [0.25, 0.3) is 5.56 Å². The normalized spacial score (nSPS) is 26.0. The van der Waals surface area contributed by atoms with E-state index in [0.29, 0.717) is 0 Å². The number of imidazole rings is 1. The van der Waals surface area contributed by atoms with Crippen molar-refractivity contribution in [3.05, 3.63) is 58.9 Å². The highest BCUT2D eigenvalue weighted by Crippen LogP contribution is 2.30. The minimum absolute atomic E-state index is 0.0367. The van der Waals surface area contributed by atoms with E-state index >= 15 is 0 Å². The van der Waals surface area contributed by atoms with Crippen molar-refractivity contribution in [2.75, 3.05) is 13.2 Å². The summed E-state index contributed by atoms with van der Waals surface area (Å²) < 4.78 is 8.13. The number of aromatic nitrogens is 4. The molecule has 10 heteroatoms. The first-order valence-electron chi connectivity index (χ1n) is 8.78. The summed E-state index contributed by atoms with van der Waals surface area (Å²) in [5.74, 6) is 0. The molecule has 1 fully saturated rings. The van der Waals surface area contributed by atoms with Gasteiger partial charge in [-0.05, 0) is 5.56 Å². The van der Waals surface area contributed by atoms with Gasteiger partial charge in [-0.1, -0.05) is 30.3 Å². The van der Waals surface area contributed by atoms with Crippen molar-refractivity contribution in [2.45, 2.75) is 30.6 Å². The summed E-state index contributed by atoms with van der Waals surface area (Å²) in [5, 5.41) is 39.2. The zero-order valence-electron chi connectivity index (χ0n) is 14.7. The maximum absolute atomic E-state index is 12.9. The number of nitrogens with zero attached hydrogens (tertiary/aromatic N) is 4. The van der Waals surface area contributed by atoms with Crippen LogP contribution in [0.2, 0.25) is 0 Å². The molecule has 28 heavy (non-hydrogen) atoms. The molecule has 1 unspecified atom stereocenters. The standard InChI is InChI=1S/C18H20N4O6/c23-6-11(10-4-2-1-3-5-10)21-9-20-16-13(17(21)27)19-8-22(16)18-15(26)14(25)12(7-24)28-18/h1-5,8-9,11-12,14-15,18,23-26H,6-7H2/t11?,12-,14-,15-,18-/m1/s1. The summed E-state index contributed by atoms with van der Waals surface area (Å²) in [6, 6.07) is 8.44. The second-order valence-electron chi connectivity index (χ2n) is 6.62. The van der Waals surface area contributed by atoms with Crippen LogP contribution in [0.25, 0.3) is 11.2 Å². The van der Waals surface area contributed by atoms with Gasteiger partial charge in [0.05, 0.1) is 25.6 Å². The van der Waals surface area contributed by atoms with E-state index in [4.69, 9.17) is 4.74 Å². The predicted octanol–water partition coefficient (Wildman–Crippen LogP) is -1.21. The minimum Gasteiger partial charge on any atom is -0.394 e. The van der Waals surface area contributed by atoms with E-state index in [1.54, 1.807) is 12.1 Å². The number of ether oxygens (including phenoxy) is 1. The van der Waals surface area contributed by atoms with E-state index in [1.165, 1.54) is 21.8 Å². The van der Waals surface area contributed by atoms with Gasteiger partial charge in [0.1, 0.15) is 24.6 Å². The lowest BCUT2D eigenvalue weighted by Crippen LogP contribution is -2.33. The van der Waals surface area contributed by atoms with Crippen LogP contribution < -0.4 is 5.56 Å². The second-order valence-corrected chi connectivity index (χ2v) is 6.62. The summed E-state index contributed by atoms with van der Waals surface area (Å²) in [6.07, 6.45) is -1.98. The Kier molecular flexibility index (Phi) is 4.96. The first kappa shape index (κ1) is 18.7. The monoisotopic (exact) mass is 388 g/mol. The summed E-state index contributed by atoms with van der Waals surface area (Å²) in [6.45, 7) is -0.760. The molecule has 3 heterocycles. The number of hydrogen-bond acceptors (Lipinski definition) is 8. The summed E-state index contributed by atoms with van der Waals surface area (Å²) in [7, 11) is 0. The second kappa shape index (κ2) is 7.41. The summed E-state index contributed by atoms with van der Waals surface area (Å²) >= 11 is 0. The zero-order valence-corrected chi connectivity index (χ0v) is 14.7. The van der Waals surface area contributed by atoms with E-state index in [0.717, 1.165) is 5.56 Å². The number of hydrogen-bond donors (Lipinski definition) is 4. The first-order valence-corrected chi connectivity index (χ1v) is 8.78. The summed E-state index contributed by atoms with van der Waals surface area (Å²) in [5.41, 5.74) is 0.491. The molecule has 1 aliphatic rings. The third kappa shape index (κ3) is 2.91. The molecule has 4 rings (SSSR count). The van der Waals surface area contributed by atoms with Crippen molar-refractivity contribution in [1.82, 2.24) is 19.1 Å². The molecule has 0 spiro atoms. The van der Waals surface area contributed by atoms with Gasteiger partial charge in [-0.3, -0.25) is 13.9 Å². The molecule has 1 aromatic carbocycles. The number of benzene rings is 1. The van der Waals surface area contributed by atoms with Crippen LogP contribution in [0.15, 0.2) is 47.8 Å².